The molecular weight excluding hydrogens is 372 g/mol. The normalized spacial score (nSPS) is 24.6. The van der Waals surface area contributed by atoms with E-state index < -0.39 is 23.8 Å². The largest absolute Gasteiger partial charge is 0.325 e. The molecule has 0 bridgehead atoms. The summed E-state index contributed by atoms with van der Waals surface area (Å²) in [5.41, 5.74) is 7.87. The number of rotatable bonds is 4. The molecule has 8 nitrogen and oxygen atoms in total. The van der Waals surface area contributed by atoms with Crippen molar-refractivity contribution in [1.29, 1.82) is 0 Å². The summed E-state index contributed by atoms with van der Waals surface area (Å²) >= 11 is 0. The van der Waals surface area contributed by atoms with Gasteiger partial charge in [-0.15, -0.1) is 0 Å². The van der Waals surface area contributed by atoms with E-state index in [1.165, 1.54) is 0 Å². The minimum atomic E-state index is -0.933. The quantitative estimate of drug-likeness (QED) is 0.725. The van der Waals surface area contributed by atoms with Gasteiger partial charge in [0.25, 0.3) is 11.8 Å². The number of hydrogen-bond acceptors (Lipinski definition) is 6. The first-order chi connectivity index (χ1) is 13.8. The topological polar surface area (TPSA) is 113 Å². The number of fused-ring (bicyclic) bond motifs is 1. The van der Waals surface area contributed by atoms with Crippen LogP contribution in [0.5, 0.6) is 0 Å². The Morgan fingerprint density at radius 2 is 1.79 bits per heavy atom. The third kappa shape index (κ3) is 3.58. The maximum atomic E-state index is 12.9. The Labute approximate surface area is 169 Å². The highest BCUT2D eigenvalue weighted by Gasteiger charge is 2.44. The van der Waals surface area contributed by atoms with Crippen LogP contribution in [0.4, 0.5) is 0 Å². The van der Waals surface area contributed by atoms with Crippen LogP contribution in [0.15, 0.2) is 18.2 Å². The molecule has 3 aliphatic rings. The molecular formula is C21H26N4O4. The first-order valence-corrected chi connectivity index (χ1v) is 10.2. The second-order valence-corrected chi connectivity index (χ2v) is 8.32. The zero-order chi connectivity index (χ0) is 20.8. The van der Waals surface area contributed by atoms with E-state index in [2.05, 4.69) is 17.1 Å². The number of nitrogens with zero attached hydrogens (tertiary/aromatic N) is 2. The summed E-state index contributed by atoms with van der Waals surface area (Å²) in [6.07, 6.45) is 3.12. The zero-order valence-corrected chi connectivity index (χ0v) is 16.6. The van der Waals surface area contributed by atoms with Gasteiger partial charge in [0.2, 0.25) is 11.8 Å². The Bertz CT molecular complexity index is 889. The molecule has 2 fully saturated rings. The van der Waals surface area contributed by atoms with Gasteiger partial charge in [-0.1, -0.05) is 13.0 Å². The standard InChI is InChI=1S/C21H26N4O4/c1-2-21(22)7-9-24(10-8-21)12-13-3-4-14-15(11-13)20(29)25(19(14)28)16-5-6-17(26)23-18(16)27/h3-4,11,16H,2,5-10,12,22H2,1H3,(H,23,26,27). The number of benzene rings is 1. The molecule has 1 unspecified atom stereocenters. The van der Waals surface area contributed by atoms with Gasteiger partial charge in [-0.3, -0.25) is 34.3 Å². The average molecular weight is 398 g/mol. The molecule has 1 aromatic carbocycles. The summed E-state index contributed by atoms with van der Waals surface area (Å²) in [6.45, 7) is 4.60. The van der Waals surface area contributed by atoms with Gasteiger partial charge in [0.05, 0.1) is 11.1 Å². The average Bonchev–Trinajstić information content (AvgIpc) is 2.94. The number of carbonyl (C=O) groups is 4. The lowest BCUT2D eigenvalue weighted by molar-refractivity contribution is -0.136. The van der Waals surface area contributed by atoms with Gasteiger partial charge in [0, 0.05) is 31.6 Å². The molecule has 0 aliphatic carbocycles. The molecule has 8 heteroatoms. The van der Waals surface area contributed by atoms with Crippen molar-refractivity contribution in [2.75, 3.05) is 13.1 Å². The molecule has 29 heavy (non-hydrogen) atoms. The number of imide groups is 2. The number of nitrogens with two attached hydrogens (primary N) is 1. The molecule has 3 N–H and O–H groups in total. The van der Waals surface area contributed by atoms with Crippen molar-refractivity contribution >= 4 is 23.6 Å². The molecule has 2 saturated heterocycles. The maximum Gasteiger partial charge on any atom is 0.262 e. The molecule has 0 saturated carbocycles. The second-order valence-electron chi connectivity index (χ2n) is 8.32. The molecule has 3 aliphatic heterocycles. The molecule has 0 aromatic heterocycles. The van der Waals surface area contributed by atoms with Crippen LogP contribution < -0.4 is 11.1 Å². The lowest BCUT2D eigenvalue weighted by atomic mass is 9.86. The van der Waals surface area contributed by atoms with Gasteiger partial charge in [0.1, 0.15) is 6.04 Å². The van der Waals surface area contributed by atoms with Gasteiger partial charge in [0.15, 0.2) is 0 Å². The van der Waals surface area contributed by atoms with Gasteiger partial charge < -0.3 is 5.73 Å². The summed E-state index contributed by atoms with van der Waals surface area (Å²) in [5.74, 6) is -1.91. The van der Waals surface area contributed by atoms with E-state index in [4.69, 9.17) is 5.73 Å². The monoisotopic (exact) mass is 398 g/mol. The Hall–Kier alpha value is -2.58. The first-order valence-electron chi connectivity index (χ1n) is 10.2. The number of piperidine rings is 2. The molecule has 4 amide bonds. The molecule has 0 spiro atoms. The number of carbonyl (C=O) groups excluding carboxylic acids is 4. The highest BCUT2D eigenvalue weighted by Crippen LogP contribution is 2.29. The van der Waals surface area contributed by atoms with E-state index >= 15 is 0 Å². The van der Waals surface area contributed by atoms with Crippen molar-refractivity contribution in [2.24, 2.45) is 5.73 Å². The minimum absolute atomic E-state index is 0.0841. The van der Waals surface area contributed by atoms with Crippen molar-refractivity contribution in [3.05, 3.63) is 34.9 Å². The lowest BCUT2D eigenvalue weighted by Crippen LogP contribution is -2.54. The zero-order valence-electron chi connectivity index (χ0n) is 16.6. The van der Waals surface area contributed by atoms with Crippen molar-refractivity contribution < 1.29 is 19.2 Å². The van der Waals surface area contributed by atoms with Crippen LogP contribution in [0.2, 0.25) is 0 Å². The lowest BCUT2D eigenvalue weighted by Gasteiger charge is -2.38. The fourth-order valence-corrected chi connectivity index (χ4v) is 4.38. The van der Waals surface area contributed by atoms with Crippen molar-refractivity contribution in [1.82, 2.24) is 15.1 Å². The predicted octanol–water partition coefficient (Wildman–Crippen LogP) is 0.791. The summed E-state index contributed by atoms with van der Waals surface area (Å²) in [7, 11) is 0. The Kier molecular flexibility index (Phi) is 5.00. The van der Waals surface area contributed by atoms with E-state index in [0.29, 0.717) is 17.7 Å². The van der Waals surface area contributed by atoms with Gasteiger partial charge in [-0.2, -0.15) is 0 Å². The van der Waals surface area contributed by atoms with Gasteiger partial charge >= 0.3 is 0 Å². The second kappa shape index (κ2) is 7.35. The Morgan fingerprint density at radius 3 is 2.45 bits per heavy atom. The molecule has 1 aromatic rings. The van der Waals surface area contributed by atoms with Gasteiger partial charge in [-0.05, 0) is 43.4 Å². The van der Waals surface area contributed by atoms with E-state index in [9.17, 15) is 19.2 Å². The van der Waals surface area contributed by atoms with Crippen molar-refractivity contribution in [2.45, 2.75) is 57.2 Å². The van der Waals surface area contributed by atoms with Gasteiger partial charge in [-0.25, -0.2) is 0 Å². The van der Waals surface area contributed by atoms with E-state index in [0.717, 1.165) is 42.8 Å². The van der Waals surface area contributed by atoms with E-state index in [1.807, 2.05) is 6.07 Å². The van der Waals surface area contributed by atoms with E-state index in [-0.39, 0.29) is 24.3 Å². The summed E-state index contributed by atoms with van der Waals surface area (Å²) < 4.78 is 0. The van der Waals surface area contributed by atoms with E-state index in [1.54, 1.807) is 12.1 Å². The Balaban J connectivity index is 1.49. The molecule has 0 radical (unpaired) electrons. The highest BCUT2D eigenvalue weighted by molar-refractivity contribution is 6.23. The molecule has 154 valence electrons. The minimum Gasteiger partial charge on any atom is -0.325 e. The third-order valence-corrected chi connectivity index (χ3v) is 6.47. The molecule has 1 atom stereocenters. The fraction of sp³-hybridized carbons (Fsp3) is 0.524. The van der Waals surface area contributed by atoms with Crippen molar-refractivity contribution in [3.63, 3.8) is 0 Å². The number of nitrogens with one attached hydrogen (secondary N) is 1. The number of likely N-dealkylation sites (tertiary alicyclic amines) is 1. The Morgan fingerprint density at radius 1 is 1.10 bits per heavy atom. The van der Waals surface area contributed by atoms with Crippen LogP contribution in [0.1, 0.15) is 65.3 Å². The summed E-state index contributed by atoms with van der Waals surface area (Å²) in [5, 5.41) is 2.21. The van der Waals surface area contributed by atoms with Crippen LogP contribution in [0, 0.1) is 0 Å². The SMILES string of the molecule is CCC1(N)CCN(Cc2ccc3c(c2)C(=O)N(C2CCC(=O)NC2=O)C3=O)CC1. The summed E-state index contributed by atoms with van der Waals surface area (Å²) in [6, 6.07) is 4.35. The first kappa shape index (κ1) is 19.7. The van der Waals surface area contributed by atoms with Crippen LogP contribution in [0.25, 0.3) is 0 Å². The van der Waals surface area contributed by atoms with Crippen LogP contribution in [-0.2, 0) is 16.1 Å². The molecule has 4 rings (SSSR count). The molecule has 3 heterocycles. The highest BCUT2D eigenvalue weighted by atomic mass is 16.2. The summed E-state index contributed by atoms with van der Waals surface area (Å²) in [4.78, 5) is 52.5. The van der Waals surface area contributed by atoms with Crippen LogP contribution in [0.3, 0.4) is 0 Å². The maximum absolute atomic E-state index is 12.9. The van der Waals surface area contributed by atoms with Crippen LogP contribution in [-0.4, -0.2) is 58.1 Å². The predicted molar refractivity (Wildman–Crippen MR) is 105 cm³/mol. The third-order valence-electron chi connectivity index (χ3n) is 6.47. The number of hydrogen-bond donors (Lipinski definition) is 2. The number of amides is 4. The fourth-order valence-electron chi connectivity index (χ4n) is 4.38. The van der Waals surface area contributed by atoms with Crippen molar-refractivity contribution in [3.8, 4) is 0 Å². The van der Waals surface area contributed by atoms with Crippen LogP contribution >= 0.6 is 0 Å². The smallest absolute Gasteiger partial charge is 0.262 e.